The minimum absolute atomic E-state index is 0.0137. The summed E-state index contributed by atoms with van der Waals surface area (Å²) >= 11 is 0. The molecular weight excluding hydrogens is 504 g/mol. The number of likely N-dealkylation sites (tertiary alicyclic amines) is 1. The van der Waals surface area contributed by atoms with Crippen LogP contribution in [0.4, 0.5) is 17.6 Å². The van der Waals surface area contributed by atoms with Crippen LogP contribution in [-0.4, -0.2) is 42.5 Å². The van der Waals surface area contributed by atoms with Gasteiger partial charge in [0.25, 0.3) is 10.0 Å². The largest absolute Gasteiger partial charge is 0.416 e. The highest BCUT2D eigenvalue weighted by Crippen LogP contribution is 2.30. The van der Waals surface area contributed by atoms with Crippen molar-refractivity contribution in [2.45, 2.75) is 36.9 Å². The molecule has 0 unspecified atom stereocenters. The van der Waals surface area contributed by atoms with E-state index >= 15 is 0 Å². The maximum atomic E-state index is 13.8. The molecule has 1 aliphatic heterocycles. The second-order valence-electron chi connectivity index (χ2n) is 8.47. The Kier molecular flexibility index (Phi) is 7.41. The number of piperidine rings is 1. The maximum Gasteiger partial charge on any atom is 0.416 e. The summed E-state index contributed by atoms with van der Waals surface area (Å²) < 4.78 is 83.7. The summed E-state index contributed by atoms with van der Waals surface area (Å²) in [5.74, 6) is -1.20. The molecular formula is C23H22F4N4O4S. The van der Waals surface area contributed by atoms with Crippen LogP contribution in [0.5, 0.6) is 0 Å². The second-order valence-corrected chi connectivity index (χ2v) is 10.1. The maximum absolute atomic E-state index is 13.8. The quantitative estimate of drug-likeness (QED) is 0.464. The van der Waals surface area contributed by atoms with E-state index in [2.05, 4.69) is 10.1 Å². The lowest BCUT2D eigenvalue weighted by Crippen LogP contribution is -2.37. The van der Waals surface area contributed by atoms with Crippen LogP contribution in [0.2, 0.25) is 0 Å². The molecule has 36 heavy (non-hydrogen) atoms. The van der Waals surface area contributed by atoms with E-state index in [1.54, 1.807) is 0 Å². The molecule has 1 aliphatic rings. The number of benzene rings is 2. The third-order valence-electron chi connectivity index (χ3n) is 5.85. The van der Waals surface area contributed by atoms with E-state index in [1.807, 2.05) is 9.62 Å². The molecule has 2 aromatic carbocycles. The Balaban J connectivity index is 1.26. The van der Waals surface area contributed by atoms with Crippen molar-refractivity contribution in [3.8, 4) is 11.4 Å². The summed E-state index contributed by atoms with van der Waals surface area (Å²) in [6.07, 6.45) is -3.21. The fourth-order valence-electron chi connectivity index (χ4n) is 3.96. The van der Waals surface area contributed by atoms with Gasteiger partial charge in [0.2, 0.25) is 17.6 Å². The van der Waals surface area contributed by atoms with Gasteiger partial charge in [-0.25, -0.2) is 17.5 Å². The van der Waals surface area contributed by atoms with Gasteiger partial charge in [0.1, 0.15) is 10.7 Å². The third-order valence-corrected chi connectivity index (χ3v) is 7.26. The molecule has 8 nitrogen and oxygen atoms in total. The van der Waals surface area contributed by atoms with E-state index in [4.69, 9.17) is 4.52 Å². The predicted molar refractivity (Wildman–Crippen MR) is 119 cm³/mol. The average Bonchev–Trinajstić information content (AvgIpc) is 3.28. The summed E-state index contributed by atoms with van der Waals surface area (Å²) in [6, 6.07) is 9.28. The average molecular weight is 527 g/mol. The number of aromatic nitrogens is 2. The van der Waals surface area contributed by atoms with Gasteiger partial charge in [0.05, 0.1) is 12.1 Å². The first kappa shape index (κ1) is 25.8. The van der Waals surface area contributed by atoms with Crippen LogP contribution in [0.15, 0.2) is 57.9 Å². The van der Waals surface area contributed by atoms with Gasteiger partial charge in [-0.05, 0) is 56.1 Å². The first-order valence-corrected chi connectivity index (χ1v) is 12.5. The Morgan fingerprint density at radius 3 is 2.39 bits per heavy atom. The van der Waals surface area contributed by atoms with Crippen molar-refractivity contribution in [1.29, 1.82) is 0 Å². The Labute approximate surface area is 204 Å². The van der Waals surface area contributed by atoms with Crippen molar-refractivity contribution >= 4 is 15.9 Å². The van der Waals surface area contributed by atoms with Crippen LogP contribution in [0.25, 0.3) is 11.4 Å². The lowest BCUT2D eigenvalue weighted by atomic mass is 9.93. The topological polar surface area (TPSA) is 105 Å². The summed E-state index contributed by atoms with van der Waals surface area (Å²) in [6.45, 7) is 1.51. The van der Waals surface area contributed by atoms with E-state index in [0.29, 0.717) is 43.9 Å². The number of hydrogen-bond donors (Lipinski definition) is 1. The summed E-state index contributed by atoms with van der Waals surface area (Å²) in [4.78, 5) is 18.0. The molecule has 1 saturated heterocycles. The molecule has 1 fully saturated rings. The number of carbonyl (C=O) groups is 1. The summed E-state index contributed by atoms with van der Waals surface area (Å²) in [7, 11) is -4.29. The van der Waals surface area contributed by atoms with E-state index in [1.165, 1.54) is 24.3 Å². The number of alkyl halides is 3. The van der Waals surface area contributed by atoms with Crippen molar-refractivity contribution in [1.82, 2.24) is 19.8 Å². The second kappa shape index (κ2) is 10.3. The molecule has 1 N–H and O–H groups in total. The minimum atomic E-state index is -4.43. The molecule has 0 spiro atoms. The van der Waals surface area contributed by atoms with E-state index in [0.717, 1.165) is 24.3 Å². The van der Waals surface area contributed by atoms with Crippen molar-refractivity contribution in [2.24, 2.45) is 5.92 Å². The number of carbonyl (C=O) groups excluding carboxylic acids is 1. The van der Waals surface area contributed by atoms with Crippen molar-refractivity contribution in [2.75, 3.05) is 13.1 Å². The fourth-order valence-corrected chi connectivity index (χ4v) is 5.03. The molecule has 2 heterocycles. The van der Waals surface area contributed by atoms with E-state index in [-0.39, 0.29) is 18.2 Å². The summed E-state index contributed by atoms with van der Waals surface area (Å²) in [5, 5.41) is 3.83. The SMILES string of the molecule is O=C(CC1CCN(Cc2nc(-c3ccc(C(F)(F)F)cc3)no2)CC1)NS(=O)(=O)c1ccccc1F. The van der Waals surface area contributed by atoms with E-state index < -0.39 is 38.4 Å². The Morgan fingerprint density at radius 2 is 1.75 bits per heavy atom. The smallest absolute Gasteiger partial charge is 0.338 e. The molecule has 0 bridgehead atoms. The van der Waals surface area contributed by atoms with Crippen LogP contribution in [0.3, 0.4) is 0 Å². The van der Waals surface area contributed by atoms with Crippen molar-refractivity contribution < 1.29 is 35.3 Å². The normalized spacial score (nSPS) is 15.7. The Hall–Kier alpha value is -3.32. The number of amides is 1. The monoisotopic (exact) mass is 526 g/mol. The number of sulfonamides is 1. The van der Waals surface area contributed by atoms with Gasteiger partial charge in [0.15, 0.2) is 0 Å². The Bertz CT molecular complexity index is 1320. The van der Waals surface area contributed by atoms with Crippen LogP contribution >= 0.6 is 0 Å². The zero-order valence-electron chi connectivity index (χ0n) is 18.8. The number of nitrogens with zero attached hydrogens (tertiary/aromatic N) is 3. The highest BCUT2D eigenvalue weighted by molar-refractivity contribution is 7.90. The lowest BCUT2D eigenvalue weighted by Gasteiger charge is -2.30. The first-order valence-electron chi connectivity index (χ1n) is 11.0. The molecule has 0 radical (unpaired) electrons. The zero-order chi connectivity index (χ0) is 25.9. The molecule has 13 heteroatoms. The molecule has 1 amide bonds. The lowest BCUT2D eigenvalue weighted by molar-refractivity contribution is -0.137. The molecule has 0 saturated carbocycles. The molecule has 3 aromatic rings. The van der Waals surface area contributed by atoms with Crippen LogP contribution in [-0.2, 0) is 27.5 Å². The Morgan fingerprint density at radius 1 is 1.08 bits per heavy atom. The van der Waals surface area contributed by atoms with Crippen molar-refractivity contribution in [3.05, 3.63) is 65.8 Å². The van der Waals surface area contributed by atoms with Gasteiger partial charge in [-0.15, -0.1) is 0 Å². The van der Waals surface area contributed by atoms with Gasteiger partial charge in [-0.3, -0.25) is 9.69 Å². The van der Waals surface area contributed by atoms with Gasteiger partial charge < -0.3 is 4.52 Å². The van der Waals surface area contributed by atoms with E-state index in [9.17, 15) is 30.8 Å². The first-order chi connectivity index (χ1) is 17.0. The number of hydrogen-bond acceptors (Lipinski definition) is 7. The number of halogens is 4. The van der Waals surface area contributed by atoms with Gasteiger partial charge >= 0.3 is 6.18 Å². The molecule has 1 aromatic heterocycles. The number of rotatable bonds is 7. The highest BCUT2D eigenvalue weighted by Gasteiger charge is 2.30. The van der Waals surface area contributed by atoms with Gasteiger partial charge in [-0.1, -0.05) is 29.4 Å². The molecule has 0 atom stereocenters. The molecule has 4 rings (SSSR count). The van der Waals surface area contributed by atoms with Crippen LogP contribution in [0, 0.1) is 11.7 Å². The van der Waals surface area contributed by atoms with Gasteiger partial charge in [0, 0.05) is 12.0 Å². The third kappa shape index (κ3) is 6.26. The molecule has 192 valence electrons. The fraction of sp³-hybridized carbons (Fsp3) is 0.348. The molecule has 0 aliphatic carbocycles. The predicted octanol–water partition coefficient (Wildman–Crippen LogP) is 4.00. The van der Waals surface area contributed by atoms with Crippen LogP contribution in [0.1, 0.15) is 30.7 Å². The van der Waals surface area contributed by atoms with Crippen molar-refractivity contribution in [3.63, 3.8) is 0 Å². The minimum Gasteiger partial charge on any atom is -0.338 e. The summed E-state index contributed by atoms with van der Waals surface area (Å²) in [5.41, 5.74) is -0.371. The zero-order valence-corrected chi connectivity index (χ0v) is 19.7. The van der Waals surface area contributed by atoms with Gasteiger partial charge in [-0.2, -0.15) is 18.2 Å². The van der Waals surface area contributed by atoms with Crippen LogP contribution < -0.4 is 4.72 Å². The standard InChI is InChI=1S/C23H22F4N4O4S/c24-18-3-1-2-4-19(18)36(33,34)30-20(32)13-15-9-11-31(12-10-15)14-21-28-22(29-35-21)16-5-7-17(8-6-16)23(25,26)27/h1-8,15H,9-14H2,(H,30,32). The highest BCUT2D eigenvalue weighted by atomic mass is 32.2. The number of nitrogens with one attached hydrogen (secondary N) is 1.